The van der Waals surface area contributed by atoms with Crippen LogP contribution in [-0.2, 0) is 162 Å². The molecule has 0 saturated carbocycles. The summed E-state index contributed by atoms with van der Waals surface area (Å²) in [4.78, 5) is 125. The first-order valence-corrected chi connectivity index (χ1v) is 43.7. The van der Waals surface area contributed by atoms with Gasteiger partial charge in [-0.15, -0.1) is 0 Å². The number of ether oxygens (including phenoxy) is 24. The zero-order valence-corrected chi connectivity index (χ0v) is 75.0. The van der Waals surface area contributed by atoms with Crippen LogP contribution < -0.4 is 37.2 Å². The molecule has 41 nitrogen and oxygen atoms in total. The van der Waals surface area contributed by atoms with Gasteiger partial charge in [0, 0.05) is 170 Å². The molecule has 0 heterocycles. The van der Waals surface area contributed by atoms with Crippen LogP contribution in [0.1, 0.15) is 116 Å². The summed E-state index contributed by atoms with van der Waals surface area (Å²) < 4.78 is 133. The Morgan fingerprint density at radius 3 is 0.556 bits per heavy atom. The number of ketones is 3. The fourth-order valence-electron chi connectivity index (χ4n) is 10.1. The van der Waals surface area contributed by atoms with E-state index in [0.717, 1.165) is 13.0 Å². The molecule has 0 aromatic heterocycles. The van der Waals surface area contributed by atoms with Gasteiger partial charge in [0.05, 0.1) is 271 Å². The molecule has 0 spiro atoms. The molecule has 7 N–H and O–H groups in total. The third-order valence-corrected chi connectivity index (χ3v) is 16.7. The van der Waals surface area contributed by atoms with Gasteiger partial charge in [-0.25, -0.2) is 0 Å². The molecule has 0 radical (unpaired) electrons. The van der Waals surface area contributed by atoms with Gasteiger partial charge in [-0.3, -0.25) is 47.9 Å². The van der Waals surface area contributed by atoms with Gasteiger partial charge in [0.2, 0.25) is 41.4 Å². The molecule has 0 aromatic carbocycles. The Kier molecular flexibility index (Phi) is 90.6. The third kappa shape index (κ3) is 89.7. The Morgan fingerprint density at radius 1 is 0.185 bits per heavy atom. The molecular weight excluding hydrogens is 1640 g/mol. The molecule has 0 aliphatic rings. The van der Waals surface area contributed by atoms with E-state index < -0.39 is 11.4 Å². The summed E-state index contributed by atoms with van der Waals surface area (Å²) in [6.45, 7) is 15.8. The maximum absolute atomic E-state index is 13.9. The molecule has 0 fully saturated rings. The fourth-order valence-corrected chi connectivity index (χ4v) is 10.1. The number of hydrogen-bond acceptors (Lipinski definition) is 34. The number of carbonyl (C=O) groups is 10. The number of Topliss-reactive ketones (excluding diaryl/α,β-unsaturated/α-hetero) is 3. The third-order valence-electron chi connectivity index (χ3n) is 16.7. The average Bonchev–Trinajstić information content (AvgIpc) is 0.853. The van der Waals surface area contributed by atoms with E-state index in [-0.39, 0.29) is 302 Å². The maximum atomic E-state index is 13.9. The average molecular weight is 1800 g/mol. The molecule has 0 aliphatic heterocycles. The molecule has 41 heteroatoms. The smallest absolute Gasteiger partial charge is 0.222 e. The van der Waals surface area contributed by atoms with Crippen molar-refractivity contribution in [2.45, 2.75) is 122 Å². The van der Waals surface area contributed by atoms with Crippen molar-refractivity contribution in [3.05, 3.63) is 0 Å². The number of methoxy groups -OCH3 is 3. The number of rotatable bonds is 102. The predicted octanol–water partition coefficient (Wildman–Crippen LogP) is 0.185. The highest BCUT2D eigenvalue weighted by Gasteiger charge is 2.34. The van der Waals surface area contributed by atoms with Crippen LogP contribution >= 0.6 is 0 Å². The summed E-state index contributed by atoms with van der Waals surface area (Å²) in [6, 6.07) is 0. The SMILES string of the molecule is CCCOCCOCCOCCOCCOCCOCCOCCOCCOCCOCCOCCOCCC(=O)NC(COCCC(=O)NCCOCCC(=O)NCCOCCC(=O)CCCOC)(COCCC(=O)NCCOCCC(=O)NCCOCCC(=O)CCCOC)COCCC(=O)NCCOCCC(=O)NCCOCCC(=O)CCCOC. The Hall–Kier alpha value is -5.66. The van der Waals surface area contributed by atoms with Crippen molar-refractivity contribution in [2.75, 3.05) is 358 Å². The Labute approximate surface area is 734 Å². The number of nitrogens with one attached hydrogen (secondary N) is 7. The van der Waals surface area contributed by atoms with Gasteiger partial charge in [-0.2, -0.15) is 0 Å². The van der Waals surface area contributed by atoms with Crippen LogP contribution in [-0.4, -0.2) is 422 Å². The van der Waals surface area contributed by atoms with E-state index in [1.165, 1.54) is 0 Å². The van der Waals surface area contributed by atoms with E-state index in [0.29, 0.717) is 184 Å². The predicted molar refractivity (Wildman–Crippen MR) is 451 cm³/mol. The van der Waals surface area contributed by atoms with Gasteiger partial charge in [0.25, 0.3) is 0 Å². The van der Waals surface area contributed by atoms with Crippen molar-refractivity contribution in [3.63, 3.8) is 0 Å². The number of amides is 7. The second-order valence-electron chi connectivity index (χ2n) is 27.5. The first-order chi connectivity index (χ1) is 60.7. The largest absolute Gasteiger partial charge is 0.385 e. The van der Waals surface area contributed by atoms with E-state index in [9.17, 15) is 47.9 Å². The van der Waals surface area contributed by atoms with Crippen molar-refractivity contribution in [2.24, 2.45) is 0 Å². The summed E-state index contributed by atoms with van der Waals surface area (Å²) in [5.74, 6) is -2.11. The lowest BCUT2D eigenvalue weighted by molar-refractivity contribution is -0.131. The Balaban J connectivity index is 5.34. The Bertz CT molecular complexity index is 2340. The standard InChI is InChI=1S/C83H155N7O34/c1-5-28-104-48-50-112-52-54-114-56-58-116-60-62-118-64-66-120-68-69-121-67-65-119-63-61-117-59-57-115-55-53-113-51-49-111-38-21-82(100)90-83(70-122-39-18-79(97)87-25-45-108-35-15-76(94)84-22-42-105-32-12-73(91)9-6-29-101-2,71-123-40-19-80(98)88-26-46-109-36-16-77(95)85-23-43-106-33-13-74(92)10-7-30-102-3)72-124-41-20-81(99)89-27-47-110-37-17-78(96)86-24-44-107-34-14-75(93)11-8-31-103-4/h5-72H2,1-4H3,(H,84,94)(H,85,95)(H,86,96)(H,87,97)(H,88,98)(H,89,99)(H,90,100). The van der Waals surface area contributed by atoms with Crippen LogP contribution in [0.3, 0.4) is 0 Å². The Morgan fingerprint density at radius 2 is 0.355 bits per heavy atom. The van der Waals surface area contributed by atoms with E-state index in [1.807, 2.05) is 0 Å². The quantitative estimate of drug-likeness (QED) is 0.0400. The lowest BCUT2D eigenvalue weighted by atomic mass is 10.0. The van der Waals surface area contributed by atoms with Crippen LogP contribution in [0.25, 0.3) is 0 Å². The van der Waals surface area contributed by atoms with Gasteiger partial charge in [-0.1, -0.05) is 6.92 Å². The van der Waals surface area contributed by atoms with Gasteiger partial charge in [0.1, 0.15) is 22.9 Å². The highest BCUT2D eigenvalue weighted by atomic mass is 16.6. The topological polar surface area (TPSA) is 476 Å². The lowest BCUT2D eigenvalue weighted by Gasteiger charge is -2.34. The van der Waals surface area contributed by atoms with Gasteiger partial charge >= 0.3 is 0 Å². The van der Waals surface area contributed by atoms with E-state index in [2.05, 4.69) is 44.1 Å². The molecule has 0 aliphatic carbocycles. The normalized spacial score (nSPS) is 11.5. The molecule has 0 atom stereocenters. The van der Waals surface area contributed by atoms with Gasteiger partial charge in [0.15, 0.2) is 0 Å². The molecule has 0 bridgehead atoms. The highest BCUT2D eigenvalue weighted by Crippen LogP contribution is 2.12. The fraction of sp³-hybridized carbons (Fsp3) is 0.880. The molecule has 0 unspecified atom stereocenters. The van der Waals surface area contributed by atoms with Crippen LogP contribution in [0.5, 0.6) is 0 Å². The molecular formula is C83H155N7O34. The van der Waals surface area contributed by atoms with Crippen LogP contribution in [0, 0.1) is 0 Å². The van der Waals surface area contributed by atoms with Gasteiger partial charge < -0.3 is 151 Å². The second-order valence-corrected chi connectivity index (χ2v) is 27.5. The van der Waals surface area contributed by atoms with E-state index >= 15 is 0 Å². The summed E-state index contributed by atoms with van der Waals surface area (Å²) in [6.07, 6.45) is 4.90. The minimum atomic E-state index is -1.45. The summed E-state index contributed by atoms with van der Waals surface area (Å²) in [5, 5.41) is 19.4. The number of carbonyl (C=O) groups excluding carboxylic acids is 10. The first kappa shape index (κ1) is 118. The van der Waals surface area contributed by atoms with Crippen molar-refractivity contribution in [3.8, 4) is 0 Å². The molecule has 726 valence electrons. The monoisotopic (exact) mass is 1790 g/mol. The van der Waals surface area contributed by atoms with Crippen molar-refractivity contribution < 1.29 is 162 Å². The van der Waals surface area contributed by atoms with Crippen molar-refractivity contribution >= 4 is 58.7 Å². The van der Waals surface area contributed by atoms with E-state index in [4.69, 9.17) is 114 Å². The highest BCUT2D eigenvalue weighted by molar-refractivity contribution is 5.80. The molecule has 124 heavy (non-hydrogen) atoms. The summed E-state index contributed by atoms with van der Waals surface area (Å²) in [5.41, 5.74) is -1.45. The minimum Gasteiger partial charge on any atom is -0.385 e. The summed E-state index contributed by atoms with van der Waals surface area (Å²) >= 11 is 0. The number of hydrogen-bond donors (Lipinski definition) is 7. The van der Waals surface area contributed by atoms with Crippen molar-refractivity contribution in [1.29, 1.82) is 0 Å². The van der Waals surface area contributed by atoms with Crippen LogP contribution in [0.2, 0.25) is 0 Å². The molecule has 0 rings (SSSR count). The second kappa shape index (κ2) is 94.9. The van der Waals surface area contributed by atoms with E-state index in [1.54, 1.807) is 21.3 Å². The molecule has 0 aromatic rings. The maximum Gasteiger partial charge on any atom is 0.222 e. The van der Waals surface area contributed by atoms with Crippen LogP contribution in [0.15, 0.2) is 0 Å². The van der Waals surface area contributed by atoms with Gasteiger partial charge in [-0.05, 0) is 25.7 Å². The lowest BCUT2D eigenvalue weighted by Crippen LogP contribution is -2.59. The zero-order chi connectivity index (χ0) is 90.3. The van der Waals surface area contributed by atoms with Crippen LogP contribution in [0.4, 0.5) is 0 Å². The molecule has 0 saturated heterocycles. The first-order valence-electron chi connectivity index (χ1n) is 43.7. The minimum absolute atomic E-state index is 0.00917. The molecule has 7 amide bonds. The summed E-state index contributed by atoms with van der Waals surface area (Å²) in [7, 11) is 4.75. The van der Waals surface area contributed by atoms with Crippen molar-refractivity contribution in [1.82, 2.24) is 37.2 Å². The zero-order valence-electron chi connectivity index (χ0n) is 75.0.